The van der Waals surface area contributed by atoms with Gasteiger partial charge in [-0.3, -0.25) is 4.79 Å². The maximum Gasteiger partial charge on any atom is 0.277 e. The molecule has 0 aliphatic rings. The first-order chi connectivity index (χ1) is 10.0. The smallest absolute Gasteiger partial charge is 0.277 e. The van der Waals surface area contributed by atoms with Crippen LogP contribution >= 0.6 is 22.6 Å². The highest BCUT2D eigenvalue weighted by Gasteiger charge is 2.04. The van der Waals surface area contributed by atoms with Crippen LogP contribution in [0.15, 0.2) is 39.9 Å². The summed E-state index contributed by atoms with van der Waals surface area (Å²) >= 11 is 2.06. The summed E-state index contributed by atoms with van der Waals surface area (Å²) in [5.74, 6) is 0.947. The van der Waals surface area contributed by atoms with E-state index in [9.17, 15) is 4.79 Å². The number of hydrazone groups is 1. The van der Waals surface area contributed by atoms with E-state index >= 15 is 0 Å². The number of nitrogens with one attached hydrogen (secondary N) is 1. The van der Waals surface area contributed by atoms with Crippen molar-refractivity contribution in [2.24, 2.45) is 5.10 Å². The van der Waals surface area contributed by atoms with Crippen LogP contribution in [0.2, 0.25) is 0 Å². The molecule has 0 aliphatic heterocycles. The number of benzene rings is 1. The monoisotopic (exact) mass is 398 g/mol. The number of carbonyl (C=O) groups is 1. The van der Waals surface area contributed by atoms with Crippen LogP contribution in [0.1, 0.15) is 16.9 Å². The van der Waals surface area contributed by atoms with E-state index in [1.165, 1.54) is 6.21 Å². The van der Waals surface area contributed by atoms with E-state index in [4.69, 9.17) is 9.15 Å². The zero-order chi connectivity index (χ0) is 15.2. The molecule has 1 heterocycles. The van der Waals surface area contributed by atoms with Crippen molar-refractivity contribution in [2.75, 3.05) is 6.61 Å². The number of hydrogen-bond donors (Lipinski definition) is 1. The Labute approximate surface area is 136 Å². The molecule has 110 valence electrons. The van der Waals surface area contributed by atoms with Gasteiger partial charge in [-0.15, -0.1) is 0 Å². The molecular formula is C15H15IN2O3. The zero-order valence-electron chi connectivity index (χ0n) is 11.7. The maximum absolute atomic E-state index is 11.6. The highest BCUT2D eigenvalue weighted by Crippen LogP contribution is 2.18. The summed E-state index contributed by atoms with van der Waals surface area (Å²) in [7, 11) is 0. The van der Waals surface area contributed by atoms with Crippen LogP contribution in [-0.4, -0.2) is 18.7 Å². The highest BCUT2D eigenvalue weighted by molar-refractivity contribution is 14.1. The molecule has 1 N–H and O–H groups in total. The first-order valence-electron chi connectivity index (χ1n) is 6.32. The lowest BCUT2D eigenvalue weighted by atomic mass is 10.1. The second-order valence-corrected chi connectivity index (χ2v) is 5.56. The van der Waals surface area contributed by atoms with Crippen LogP contribution in [0, 0.1) is 17.6 Å². The normalized spacial score (nSPS) is 10.8. The summed E-state index contributed by atoms with van der Waals surface area (Å²) in [6, 6.07) is 9.38. The van der Waals surface area contributed by atoms with Crippen molar-refractivity contribution in [2.45, 2.75) is 13.8 Å². The van der Waals surface area contributed by atoms with E-state index < -0.39 is 0 Å². The van der Waals surface area contributed by atoms with E-state index in [2.05, 4.69) is 33.1 Å². The molecule has 0 saturated heterocycles. The Bertz CT molecular complexity index is 665. The Morgan fingerprint density at radius 3 is 2.86 bits per heavy atom. The second-order valence-electron chi connectivity index (χ2n) is 4.49. The molecule has 0 saturated carbocycles. The van der Waals surface area contributed by atoms with E-state index in [0.29, 0.717) is 11.5 Å². The molecule has 2 rings (SSSR count). The number of ether oxygens (including phenoxy) is 1. The molecule has 2 aromatic rings. The molecule has 1 aromatic carbocycles. The summed E-state index contributed by atoms with van der Waals surface area (Å²) in [5.41, 5.74) is 4.54. The lowest BCUT2D eigenvalue weighted by Crippen LogP contribution is -2.24. The van der Waals surface area contributed by atoms with E-state index in [1.807, 2.05) is 38.1 Å². The highest BCUT2D eigenvalue weighted by atomic mass is 127. The number of rotatable bonds is 5. The van der Waals surface area contributed by atoms with Crippen molar-refractivity contribution >= 4 is 34.7 Å². The number of hydrogen-bond acceptors (Lipinski definition) is 4. The van der Waals surface area contributed by atoms with Gasteiger partial charge in [0.25, 0.3) is 5.91 Å². The minimum Gasteiger partial charge on any atom is -0.483 e. The summed E-state index contributed by atoms with van der Waals surface area (Å²) in [6.07, 6.45) is 1.44. The molecule has 0 aliphatic carbocycles. The number of aryl methyl sites for hydroxylation is 2. The van der Waals surface area contributed by atoms with Gasteiger partial charge in [0, 0.05) is 0 Å². The number of halogens is 1. The number of amides is 1. The fraction of sp³-hybridized carbons (Fsp3) is 0.200. The van der Waals surface area contributed by atoms with Crippen LogP contribution in [0.3, 0.4) is 0 Å². The van der Waals surface area contributed by atoms with Gasteiger partial charge in [0.1, 0.15) is 11.5 Å². The molecule has 21 heavy (non-hydrogen) atoms. The van der Waals surface area contributed by atoms with Gasteiger partial charge in [0.2, 0.25) is 0 Å². The summed E-state index contributed by atoms with van der Waals surface area (Å²) in [6.45, 7) is 3.86. The molecule has 0 bridgehead atoms. The molecule has 5 nitrogen and oxygen atoms in total. The molecule has 0 radical (unpaired) electrons. The number of nitrogens with zero attached hydrogens (tertiary/aromatic N) is 1. The molecule has 0 atom stereocenters. The summed E-state index contributed by atoms with van der Waals surface area (Å²) in [5, 5.41) is 3.80. The third kappa shape index (κ3) is 4.89. The van der Waals surface area contributed by atoms with Crippen LogP contribution < -0.4 is 10.2 Å². The first-order valence-corrected chi connectivity index (χ1v) is 7.40. The average molecular weight is 398 g/mol. The second kappa shape index (κ2) is 7.26. The lowest BCUT2D eigenvalue weighted by molar-refractivity contribution is -0.123. The Morgan fingerprint density at radius 1 is 1.38 bits per heavy atom. The van der Waals surface area contributed by atoms with Crippen molar-refractivity contribution in [3.05, 3.63) is 51.0 Å². The standard InChI is InChI=1S/C15H15IN2O3/c1-10-3-5-13(11(2)7-10)20-9-15(19)18-17-8-12-4-6-14(16)21-12/h3-8H,9H2,1-2H3,(H,18,19). The Kier molecular flexibility index (Phi) is 5.38. The predicted octanol–water partition coefficient (Wildman–Crippen LogP) is 3.03. The van der Waals surface area contributed by atoms with Crippen molar-refractivity contribution < 1.29 is 13.9 Å². The fourth-order valence-corrected chi connectivity index (χ4v) is 2.14. The van der Waals surface area contributed by atoms with Gasteiger partial charge in [-0.05, 0) is 60.2 Å². The molecule has 1 aromatic heterocycles. The van der Waals surface area contributed by atoms with E-state index in [-0.39, 0.29) is 12.5 Å². The summed E-state index contributed by atoms with van der Waals surface area (Å²) < 4.78 is 11.5. The van der Waals surface area contributed by atoms with Crippen molar-refractivity contribution in [1.82, 2.24) is 5.43 Å². The predicted molar refractivity (Wildman–Crippen MR) is 88.6 cm³/mol. The van der Waals surface area contributed by atoms with Crippen molar-refractivity contribution in [3.8, 4) is 5.75 Å². The third-order valence-electron chi connectivity index (χ3n) is 2.66. The molecule has 0 fully saturated rings. The van der Waals surface area contributed by atoms with Gasteiger partial charge in [0.05, 0.1) is 6.21 Å². The third-order valence-corrected chi connectivity index (χ3v) is 3.24. The first kappa shape index (κ1) is 15.6. The van der Waals surface area contributed by atoms with Crippen LogP contribution in [0.25, 0.3) is 0 Å². The largest absolute Gasteiger partial charge is 0.483 e. The average Bonchev–Trinajstić information content (AvgIpc) is 2.83. The maximum atomic E-state index is 11.6. The van der Waals surface area contributed by atoms with Crippen molar-refractivity contribution in [1.29, 1.82) is 0 Å². The Hall–Kier alpha value is -1.83. The lowest BCUT2D eigenvalue weighted by Gasteiger charge is -2.08. The van der Waals surface area contributed by atoms with Crippen LogP contribution in [0.5, 0.6) is 5.75 Å². The topological polar surface area (TPSA) is 63.8 Å². The molecule has 0 spiro atoms. The van der Waals surface area contributed by atoms with E-state index in [1.54, 1.807) is 6.07 Å². The quantitative estimate of drug-likeness (QED) is 0.479. The van der Waals surface area contributed by atoms with Gasteiger partial charge in [-0.2, -0.15) is 5.10 Å². The van der Waals surface area contributed by atoms with Crippen LogP contribution in [0.4, 0.5) is 0 Å². The summed E-state index contributed by atoms with van der Waals surface area (Å²) in [4.78, 5) is 11.6. The molecule has 6 heteroatoms. The minimum absolute atomic E-state index is 0.0864. The minimum atomic E-state index is -0.326. The van der Waals surface area contributed by atoms with Crippen molar-refractivity contribution in [3.63, 3.8) is 0 Å². The SMILES string of the molecule is Cc1ccc(OCC(=O)NN=Cc2ccc(I)o2)c(C)c1. The van der Waals surface area contributed by atoms with E-state index in [0.717, 1.165) is 14.9 Å². The zero-order valence-corrected chi connectivity index (χ0v) is 13.9. The molecule has 1 amide bonds. The number of carbonyl (C=O) groups excluding carboxylic acids is 1. The van der Waals surface area contributed by atoms with Crippen LogP contribution in [-0.2, 0) is 4.79 Å². The molecule has 0 unspecified atom stereocenters. The van der Waals surface area contributed by atoms with Gasteiger partial charge < -0.3 is 9.15 Å². The number of furan rings is 1. The van der Waals surface area contributed by atoms with Gasteiger partial charge in [-0.25, -0.2) is 5.43 Å². The Balaban J connectivity index is 1.81. The fourth-order valence-electron chi connectivity index (χ4n) is 1.70. The Morgan fingerprint density at radius 2 is 2.19 bits per heavy atom. The van der Waals surface area contributed by atoms with Gasteiger partial charge in [0.15, 0.2) is 10.4 Å². The van der Waals surface area contributed by atoms with Gasteiger partial charge in [-0.1, -0.05) is 17.7 Å². The van der Waals surface area contributed by atoms with Gasteiger partial charge >= 0.3 is 0 Å². The molecular weight excluding hydrogens is 383 g/mol.